The molecule has 26 heavy (non-hydrogen) atoms. The number of carbonyl (C=O) groups is 1. The first-order valence-corrected chi connectivity index (χ1v) is 8.55. The van der Waals surface area contributed by atoms with Crippen LogP contribution in [0.15, 0.2) is 42.5 Å². The highest BCUT2D eigenvalue weighted by Gasteiger charge is 2.30. The van der Waals surface area contributed by atoms with Gasteiger partial charge in [0.1, 0.15) is 5.75 Å². The van der Waals surface area contributed by atoms with Gasteiger partial charge in [0.2, 0.25) is 5.91 Å². The molecule has 0 bridgehead atoms. The number of ether oxygens (including phenoxy) is 3. The van der Waals surface area contributed by atoms with Crippen LogP contribution in [0.5, 0.6) is 17.2 Å². The van der Waals surface area contributed by atoms with Crippen molar-refractivity contribution in [2.75, 3.05) is 21.3 Å². The van der Waals surface area contributed by atoms with E-state index in [0.29, 0.717) is 30.1 Å². The highest BCUT2D eigenvalue weighted by atomic mass is 16.5. The van der Waals surface area contributed by atoms with Gasteiger partial charge < -0.3 is 14.2 Å². The van der Waals surface area contributed by atoms with E-state index in [1.54, 1.807) is 27.4 Å². The van der Waals surface area contributed by atoms with Gasteiger partial charge in [-0.1, -0.05) is 30.3 Å². The smallest absolute Gasteiger partial charge is 0.237 e. The zero-order chi connectivity index (χ0) is 18.5. The molecule has 1 amide bonds. The van der Waals surface area contributed by atoms with Gasteiger partial charge in [0, 0.05) is 12.0 Å². The van der Waals surface area contributed by atoms with Gasteiger partial charge >= 0.3 is 0 Å². The SMILES string of the molecule is COc1cc(OC)c(OC)cc1CC1CC(c2ccccc2)NNC1=O. The molecule has 0 spiro atoms. The molecule has 2 atom stereocenters. The lowest BCUT2D eigenvalue weighted by atomic mass is 9.87. The predicted octanol–water partition coefficient (Wildman–Crippen LogP) is 2.64. The van der Waals surface area contributed by atoms with E-state index < -0.39 is 0 Å². The number of nitrogens with one attached hydrogen (secondary N) is 2. The first kappa shape index (κ1) is 18.1. The summed E-state index contributed by atoms with van der Waals surface area (Å²) >= 11 is 0. The third kappa shape index (κ3) is 3.75. The van der Waals surface area contributed by atoms with E-state index in [-0.39, 0.29) is 17.9 Å². The molecule has 0 radical (unpaired) electrons. The second-order valence-corrected chi connectivity index (χ2v) is 6.25. The zero-order valence-electron chi connectivity index (χ0n) is 15.2. The Morgan fingerprint density at radius 2 is 1.62 bits per heavy atom. The van der Waals surface area contributed by atoms with Gasteiger partial charge in [-0.05, 0) is 30.0 Å². The average Bonchev–Trinajstić information content (AvgIpc) is 2.69. The lowest BCUT2D eigenvalue weighted by molar-refractivity contribution is -0.128. The van der Waals surface area contributed by atoms with Crippen molar-refractivity contribution in [2.24, 2.45) is 5.92 Å². The predicted molar refractivity (Wildman–Crippen MR) is 98.4 cm³/mol. The number of rotatable bonds is 6. The van der Waals surface area contributed by atoms with Crippen molar-refractivity contribution >= 4 is 5.91 Å². The summed E-state index contributed by atoms with van der Waals surface area (Å²) < 4.78 is 16.2. The van der Waals surface area contributed by atoms with Crippen molar-refractivity contribution in [2.45, 2.75) is 18.9 Å². The minimum absolute atomic E-state index is 0.0194. The number of benzene rings is 2. The van der Waals surface area contributed by atoms with Crippen LogP contribution in [0.3, 0.4) is 0 Å². The summed E-state index contributed by atoms with van der Waals surface area (Å²) in [5, 5.41) is 0. The van der Waals surface area contributed by atoms with Crippen molar-refractivity contribution in [3.8, 4) is 17.2 Å². The summed E-state index contributed by atoms with van der Waals surface area (Å²) in [4.78, 5) is 12.4. The Kier molecular flexibility index (Phi) is 5.63. The average molecular weight is 356 g/mol. The van der Waals surface area contributed by atoms with E-state index in [2.05, 4.69) is 23.0 Å². The molecule has 0 aliphatic carbocycles. The van der Waals surface area contributed by atoms with Crippen molar-refractivity contribution < 1.29 is 19.0 Å². The summed E-state index contributed by atoms with van der Waals surface area (Å²) in [5.74, 6) is 1.72. The molecule has 6 nitrogen and oxygen atoms in total. The Morgan fingerprint density at radius 1 is 0.962 bits per heavy atom. The summed E-state index contributed by atoms with van der Waals surface area (Å²) in [7, 11) is 4.79. The Morgan fingerprint density at radius 3 is 2.27 bits per heavy atom. The number of methoxy groups -OCH3 is 3. The van der Waals surface area contributed by atoms with E-state index in [1.165, 1.54) is 0 Å². The van der Waals surface area contributed by atoms with Crippen LogP contribution >= 0.6 is 0 Å². The van der Waals surface area contributed by atoms with Crippen molar-refractivity contribution in [3.05, 3.63) is 53.6 Å². The summed E-state index contributed by atoms with van der Waals surface area (Å²) in [6, 6.07) is 13.8. The summed E-state index contributed by atoms with van der Waals surface area (Å²) in [5.41, 5.74) is 7.96. The van der Waals surface area contributed by atoms with Crippen molar-refractivity contribution in [1.29, 1.82) is 0 Å². The number of hydrogen-bond acceptors (Lipinski definition) is 5. The van der Waals surface area contributed by atoms with Crippen LogP contribution in [-0.2, 0) is 11.2 Å². The highest BCUT2D eigenvalue weighted by Crippen LogP contribution is 2.37. The van der Waals surface area contributed by atoms with E-state index in [1.807, 2.05) is 24.3 Å². The molecule has 2 aromatic rings. The molecule has 0 aromatic heterocycles. The fraction of sp³-hybridized carbons (Fsp3) is 0.350. The highest BCUT2D eigenvalue weighted by molar-refractivity contribution is 5.79. The quantitative estimate of drug-likeness (QED) is 0.833. The van der Waals surface area contributed by atoms with Crippen LogP contribution in [-0.4, -0.2) is 27.2 Å². The Hall–Kier alpha value is -2.73. The Labute approximate surface area is 153 Å². The fourth-order valence-electron chi connectivity index (χ4n) is 3.31. The molecule has 3 rings (SSSR count). The number of hydrogen-bond donors (Lipinski definition) is 2. The maximum Gasteiger partial charge on any atom is 0.237 e. The van der Waals surface area contributed by atoms with Gasteiger partial charge in [-0.25, -0.2) is 5.43 Å². The molecule has 1 saturated heterocycles. The molecule has 1 fully saturated rings. The molecule has 1 heterocycles. The maximum absolute atomic E-state index is 12.4. The van der Waals surface area contributed by atoms with Crippen molar-refractivity contribution in [3.63, 3.8) is 0 Å². The maximum atomic E-state index is 12.4. The van der Waals surface area contributed by atoms with Gasteiger partial charge in [-0.2, -0.15) is 0 Å². The minimum Gasteiger partial charge on any atom is -0.496 e. The normalized spacial score (nSPS) is 19.6. The topological polar surface area (TPSA) is 68.8 Å². The summed E-state index contributed by atoms with van der Waals surface area (Å²) in [6.45, 7) is 0. The molecule has 0 saturated carbocycles. The largest absolute Gasteiger partial charge is 0.496 e. The van der Waals surface area contributed by atoms with Crippen LogP contribution in [0.1, 0.15) is 23.6 Å². The molecule has 1 aliphatic rings. The monoisotopic (exact) mass is 356 g/mol. The Balaban J connectivity index is 1.83. The first-order chi connectivity index (χ1) is 12.7. The molecule has 2 N–H and O–H groups in total. The van der Waals surface area contributed by atoms with E-state index in [9.17, 15) is 4.79 Å². The standard InChI is InChI=1S/C20H24N2O4/c1-24-17-12-19(26-3)18(25-2)11-14(17)9-15-10-16(21-22-20(15)23)13-7-5-4-6-8-13/h4-8,11-12,15-16,21H,9-10H2,1-3H3,(H,22,23). The van der Waals surface area contributed by atoms with Gasteiger partial charge in [0.15, 0.2) is 11.5 Å². The third-order valence-corrected chi connectivity index (χ3v) is 4.72. The molecule has 1 aliphatic heterocycles. The summed E-state index contributed by atoms with van der Waals surface area (Å²) in [6.07, 6.45) is 1.26. The van der Waals surface area contributed by atoms with Gasteiger partial charge in [0.05, 0.1) is 27.4 Å². The molecular weight excluding hydrogens is 332 g/mol. The van der Waals surface area contributed by atoms with Crippen LogP contribution in [0.2, 0.25) is 0 Å². The van der Waals surface area contributed by atoms with E-state index >= 15 is 0 Å². The molecular formula is C20H24N2O4. The lowest BCUT2D eigenvalue weighted by Gasteiger charge is -2.31. The van der Waals surface area contributed by atoms with Crippen LogP contribution in [0.25, 0.3) is 0 Å². The molecule has 2 unspecified atom stereocenters. The van der Waals surface area contributed by atoms with Crippen molar-refractivity contribution in [1.82, 2.24) is 10.9 Å². The zero-order valence-corrected chi connectivity index (χ0v) is 15.2. The van der Waals surface area contributed by atoms with E-state index in [4.69, 9.17) is 14.2 Å². The van der Waals surface area contributed by atoms with Gasteiger partial charge in [-0.3, -0.25) is 10.2 Å². The molecule has 138 valence electrons. The van der Waals surface area contributed by atoms with Crippen LogP contribution in [0, 0.1) is 5.92 Å². The van der Waals surface area contributed by atoms with Gasteiger partial charge in [0.25, 0.3) is 0 Å². The molecule has 6 heteroatoms. The fourth-order valence-corrected chi connectivity index (χ4v) is 3.31. The first-order valence-electron chi connectivity index (χ1n) is 8.55. The minimum atomic E-state index is -0.173. The number of carbonyl (C=O) groups excluding carboxylic acids is 1. The third-order valence-electron chi connectivity index (χ3n) is 4.72. The molecule has 2 aromatic carbocycles. The van der Waals surface area contributed by atoms with Crippen LogP contribution < -0.4 is 25.1 Å². The van der Waals surface area contributed by atoms with Gasteiger partial charge in [-0.15, -0.1) is 0 Å². The second kappa shape index (κ2) is 8.10. The Bertz CT molecular complexity index is 764. The number of amides is 1. The lowest BCUT2D eigenvalue weighted by Crippen LogP contribution is -2.49. The number of hydrazine groups is 1. The van der Waals surface area contributed by atoms with Crippen LogP contribution in [0.4, 0.5) is 0 Å². The van der Waals surface area contributed by atoms with E-state index in [0.717, 1.165) is 11.1 Å². The second-order valence-electron chi connectivity index (χ2n) is 6.25.